The van der Waals surface area contributed by atoms with Gasteiger partial charge >= 0.3 is 0 Å². The maximum absolute atomic E-state index is 4.90. The van der Waals surface area contributed by atoms with E-state index in [9.17, 15) is 0 Å². The van der Waals surface area contributed by atoms with Crippen LogP contribution in [0.2, 0.25) is 0 Å². The average molecular weight is 351 g/mol. The average Bonchev–Trinajstić information content (AvgIpc) is 2.70. The van der Waals surface area contributed by atoms with Gasteiger partial charge in [0.25, 0.3) is 0 Å². The first kappa shape index (κ1) is 17.2. The smallest absolute Gasteiger partial charge is 0.233 e. The van der Waals surface area contributed by atoms with E-state index >= 15 is 0 Å². The van der Waals surface area contributed by atoms with Crippen molar-refractivity contribution < 1.29 is 4.57 Å². The van der Waals surface area contributed by atoms with Crippen LogP contribution in [0.3, 0.4) is 0 Å². The number of aryl methyl sites for hydroxylation is 3. The quantitative estimate of drug-likeness (QED) is 0.444. The molecule has 0 spiro atoms. The van der Waals surface area contributed by atoms with Crippen molar-refractivity contribution in [2.45, 2.75) is 13.8 Å². The van der Waals surface area contributed by atoms with Crippen molar-refractivity contribution in [3.05, 3.63) is 96.3 Å². The van der Waals surface area contributed by atoms with Crippen LogP contribution in [0.5, 0.6) is 0 Å². The van der Waals surface area contributed by atoms with Crippen LogP contribution in [0.25, 0.3) is 33.6 Å². The van der Waals surface area contributed by atoms with Crippen molar-refractivity contribution in [2.75, 3.05) is 0 Å². The van der Waals surface area contributed by atoms with Gasteiger partial charge in [0, 0.05) is 5.56 Å². The van der Waals surface area contributed by atoms with E-state index in [1.165, 1.54) is 22.3 Å². The van der Waals surface area contributed by atoms with Crippen LogP contribution >= 0.6 is 0 Å². The number of benzene rings is 3. The number of aromatic nitrogens is 2. The third-order valence-corrected chi connectivity index (χ3v) is 4.99. The number of hydrogen-bond acceptors (Lipinski definition) is 1. The molecule has 27 heavy (non-hydrogen) atoms. The summed E-state index contributed by atoms with van der Waals surface area (Å²) in [6, 6.07) is 27.5. The van der Waals surface area contributed by atoms with Crippen molar-refractivity contribution >= 4 is 0 Å². The summed E-state index contributed by atoms with van der Waals surface area (Å²) in [5.74, 6) is 0. The third-order valence-electron chi connectivity index (χ3n) is 4.99. The lowest BCUT2D eigenvalue weighted by Crippen LogP contribution is -2.33. The second kappa shape index (κ2) is 7.16. The molecule has 1 aromatic heterocycles. The molecular formula is C25H23N2+. The van der Waals surface area contributed by atoms with Crippen molar-refractivity contribution in [1.82, 2.24) is 4.98 Å². The Morgan fingerprint density at radius 1 is 0.667 bits per heavy atom. The van der Waals surface area contributed by atoms with E-state index in [2.05, 4.69) is 104 Å². The molecule has 0 aliphatic carbocycles. The molecule has 0 N–H and O–H groups in total. The monoisotopic (exact) mass is 351 g/mol. The fourth-order valence-corrected chi connectivity index (χ4v) is 3.59. The van der Waals surface area contributed by atoms with E-state index < -0.39 is 0 Å². The van der Waals surface area contributed by atoms with Crippen LogP contribution in [0.1, 0.15) is 11.3 Å². The van der Waals surface area contributed by atoms with E-state index in [1.807, 2.05) is 6.07 Å². The SMILES string of the molecule is Cc1ccccc1-c1c(C)nc(-c2ccc(-c3ccccc3)cc2)c[n+]1C. The molecule has 132 valence electrons. The molecule has 0 saturated heterocycles. The van der Waals surface area contributed by atoms with E-state index in [-0.39, 0.29) is 0 Å². The molecule has 0 aliphatic rings. The molecule has 1 heterocycles. The van der Waals surface area contributed by atoms with Gasteiger partial charge in [0.05, 0.1) is 5.56 Å². The summed E-state index contributed by atoms with van der Waals surface area (Å²) in [5.41, 5.74) is 9.27. The van der Waals surface area contributed by atoms with Gasteiger partial charge in [-0.3, -0.25) is 0 Å². The zero-order chi connectivity index (χ0) is 18.8. The van der Waals surface area contributed by atoms with E-state index in [4.69, 9.17) is 4.98 Å². The van der Waals surface area contributed by atoms with Crippen molar-refractivity contribution in [2.24, 2.45) is 7.05 Å². The van der Waals surface area contributed by atoms with E-state index in [0.29, 0.717) is 0 Å². The van der Waals surface area contributed by atoms with Gasteiger partial charge in [0.1, 0.15) is 18.4 Å². The Labute approximate surface area is 160 Å². The van der Waals surface area contributed by atoms with Gasteiger partial charge in [0.15, 0.2) is 6.20 Å². The largest absolute Gasteiger partial charge is 0.240 e. The van der Waals surface area contributed by atoms with Gasteiger partial charge < -0.3 is 0 Å². The van der Waals surface area contributed by atoms with Crippen LogP contribution in [0, 0.1) is 13.8 Å². The van der Waals surface area contributed by atoms with Crippen LogP contribution in [0.15, 0.2) is 85.1 Å². The van der Waals surface area contributed by atoms with Crippen LogP contribution in [-0.2, 0) is 7.05 Å². The second-order valence-electron chi connectivity index (χ2n) is 6.93. The molecule has 0 unspecified atom stereocenters. The molecule has 0 fully saturated rings. The molecule has 0 bridgehead atoms. The maximum atomic E-state index is 4.90. The van der Waals surface area contributed by atoms with Crippen molar-refractivity contribution in [1.29, 1.82) is 0 Å². The second-order valence-corrected chi connectivity index (χ2v) is 6.93. The zero-order valence-electron chi connectivity index (χ0n) is 16.0. The summed E-state index contributed by atoms with van der Waals surface area (Å²) in [5, 5.41) is 0. The summed E-state index contributed by atoms with van der Waals surface area (Å²) < 4.78 is 2.19. The summed E-state index contributed by atoms with van der Waals surface area (Å²) in [7, 11) is 2.10. The van der Waals surface area contributed by atoms with Crippen molar-refractivity contribution in [3.63, 3.8) is 0 Å². The van der Waals surface area contributed by atoms with Crippen LogP contribution in [-0.4, -0.2) is 4.98 Å². The lowest BCUT2D eigenvalue weighted by atomic mass is 10.0. The maximum Gasteiger partial charge on any atom is 0.233 e. The summed E-state index contributed by atoms with van der Waals surface area (Å²) in [4.78, 5) is 4.90. The minimum absolute atomic E-state index is 0.993. The Bertz CT molecular complexity index is 1060. The molecule has 0 saturated carbocycles. The minimum Gasteiger partial charge on any atom is -0.240 e. The van der Waals surface area contributed by atoms with Gasteiger partial charge in [-0.15, -0.1) is 0 Å². The molecule has 0 atom stereocenters. The highest BCUT2D eigenvalue weighted by Gasteiger charge is 2.19. The summed E-state index contributed by atoms with van der Waals surface area (Å²) in [6.07, 6.45) is 2.12. The van der Waals surface area contributed by atoms with Gasteiger partial charge in [0.2, 0.25) is 5.69 Å². The number of rotatable bonds is 3. The topological polar surface area (TPSA) is 16.8 Å². The van der Waals surface area contributed by atoms with Gasteiger partial charge in [-0.2, -0.15) is 4.57 Å². The number of hydrogen-bond donors (Lipinski definition) is 0. The Kier molecular flexibility index (Phi) is 4.55. The summed E-state index contributed by atoms with van der Waals surface area (Å²) >= 11 is 0. The predicted octanol–water partition coefficient (Wildman–Crippen LogP) is 5.52. The first-order valence-corrected chi connectivity index (χ1v) is 9.22. The minimum atomic E-state index is 0.993. The van der Waals surface area contributed by atoms with E-state index in [1.54, 1.807) is 0 Å². The molecule has 3 aromatic carbocycles. The highest BCUT2D eigenvalue weighted by molar-refractivity contribution is 5.69. The Balaban J connectivity index is 1.72. The molecule has 2 nitrogen and oxygen atoms in total. The number of nitrogens with zero attached hydrogens (tertiary/aromatic N) is 2. The lowest BCUT2D eigenvalue weighted by molar-refractivity contribution is -0.660. The first-order chi connectivity index (χ1) is 13.1. The molecule has 2 heteroatoms. The predicted molar refractivity (Wildman–Crippen MR) is 111 cm³/mol. The molecule has 0 radical (unpaired) electrons. The van der Waals surface area contributed by atoms with Crippen molar-refractivity contribution in [3.8, 4) is 33.6 Å². The van der Waals surface area contributed by atoms with Gasteiger partial charge in [-0.25, -0.2) is 4.98 Å². The van der Waals surface area contributed by atoms with E-state index in [0.717, 1.165) is 22.6 Å². The summed E-state index contributed by atoms with van der Waals surface area (Å²) in [6.45, 7) is 4.23. The molecule has 0 amide bonds. The molecule has 4 aromatic rings. The standard InChI is InChI=1S/C25H23N2/c1-18-9-7-8-12-23(18)25-19(2)26-24(17-27(25)3)22-15-13-21(14-16-22)20-10-5-4-6-11-20/h4-17H,1-3H3/q+1. The Morgan fingerprint density at radius 2 is 1.26 bits per heavy atom. The molecular weight excluding hydrogens is 328 g/mol. The fraction of sp³-hybridized carbons (Fsp3) is 0.120. The third kappa shape index (κ3) is 3.39. The van der Waals surface area contributed by atoms with Gasteiger partial charge in [-0.1, -0.05) is 72.8 Å². The molecule has 0 aliphatic heterocycles. The Morgan fingerprint density at radius 3 is 1.93 bits per heavy atom. The van der Waals surface area contributed by atoms with Crippen LogP contribution in [0.4, 0.5) is 0 Å². The first-order valence-electron chi connectivity index (χ1n) is 9.22. The zero-order valence-corrected chi connectivity index (χ0v) is 16.0. The lowest BCUT2D eigenvalue weighted by Gasteiger charge is -2.09. The highest BCUT2D eigenvalue weighted by atomic mass is 15.0. The molecule has 4 rings (SSSR count). The highest BCUT2D eigenvalue weighted by Crippen LogP contribution is 2.26. The normalized spacial score (nSPS) is 10.8. The van der Waals surface area contributed by atoms with Crippen LogP contribution < -0.4 is 4.57 Å². The van der Waals surface area contributed by atoms with Gasteiger partial charge in [-0.05, 0) is 36.6 Å². The Hall–Kier alpha value is -3.26. The fourth-order valence-electron chi connectivity index (χ4n) is 3.59.